The van der Waals surface area contributed by atoms with Gasteiger partial charge >= 0.3 is 11.9 Å². The van der Waals surface area contributed by atoms with E-state index in [1.54, 1.807) is 24.3 Å². The SMILES string of the molecule is CCOc1ccc(N2C(=O)SC(CC(=O)Nc3cc(C(=O)O)ccc3C(=O)O)C2=O)cc1. The molecule has 1 aliphatic heterocycles. The Labute approximate surface area is 186 Å². The van der Waals surface area contributed by atoms with E-state index in [1.165, 1.54) is 0 Å². The zero-order valence-electron chi connectivity index (χ0n) is 16.7. The summed E-state index contributed by atoms with van der Waals surface area (Å²) in [6.45, 7) is 2.29. The average Bonchev–Trinajstić information content (AvgIpc) is 3.01. The molecule has 0 aromatic heterocycles. The first-order valence-corrected chi connectivity index (χ1v) is 10.3. The van der Waals surface area contributed by atoms with E-state index >= 15 is 0 Å². The summed E-state index contributed by atoms with van der Waals surface area (Å²) in [5.74, 6) is -3.40. The normalized spacial score (nSPS) is 15.5. The van der Waals surface area contributed by atoms with Crippen LogP contribution in [0.2, 0.25) is 0 Å². The third kappa shape index (κ3) is 4.89. The Kier molecular flexibility index (Phi) is 6.79. The maximum atomic E-state index is 12.7. The fraction of sp³-hybridized carbons (Fsp3) is 0.190. The van der Waals surface area contributed by atoms with Gasteiger partial charge in [-0.25, -0.2) is 14.5 Å². The number of carbonyl (C=O) groups is 5. The molecule has 1 atom stereocenters. The number of rotatable bonds is 8. The molecular formula is C21H18N2O8S. The van der Waals surface area contributed by atoms with E-state index in [0.717, 1.165) is 23.1 Å². The number of aromatic carboxylic acids is 2. The number of anilines is 2. The number of hydrogen-bond donors (Lipinski definition) is 3. The van der Waals surface area contributed by atoms with Crippen molar-refractivity contribution in [2.45, 2.75) is 18.6 Å². The number of thioether (sulfide) groups is 1. The van der Waals surface area contributed by atoms with Gasteiger partial charge < -0.3 is 20.3 Å². The van der Waals surface area contributed by atoms with Gasteiger partial charge in [0, 0.05) is 6.42 Å². The second-order valence-corrected chi connectivity index (χ2v) is 7.75. The van der Waals surface area contributed by atoms with Crippen LogP contribution in [-0.2, 0) is 9.59 Å². The molecule has 3 N–H and O–H groups in total. The molecule has 1 heterocycles. The number of nitrogens with zero attached hydrogens (tertiary/aromatic N) is 1. The summed E-state index contributed by atoms with van der Waals surface area (Å²) in [5.41, 5.74) is -0.400. The van der Waals surface area contributed by atoms with E-state index in [0.29, 0.717) is 29.8 Å². The first-order chi connectivity index (χ1) is 15.2. The molecule has 3 amide bonds. The van der Waals surface area contributed by atoms with Crippen LogP contribution in [0.5, 0.6) is 5.75 Å². The molecule has 1 aliphatic rings. The third-order valence-corrected chi connectivity index (χ3v) is 5.51. The Bertz CT molecular complexity index is 1100. The molecule has 0 bridgehead atoms. The molecule has 2 aromatic rings. The molecule has 0 saturated carbocycles. The van der Waals surface area contributed by atoms with E-state index in [1.807, 2.05) is 6.92 Å². The molecular weight excluding hydrogens is 440 g/mol. The molecule has 0 spiro atoms. The van der Waals surface area contributed by atoms with Gasteiger partial charge in [0.1, 0.15) is 11.0 Å². The minimum absolute atomic E-state index is 0.214. The maximum Gasteiger partial charge on any atom is 0.337 e. The minimum atomic E-state index is -1.36. The Morgan fingerprint density at radius 1 is 1.06 bits per heavy atom. The number of carbonyl (C=O) groups excluding carboxylic acids is 3. The Morgan fingerprint density at radius 3 is 2.34 bits per heavy atom. The highest BCUT2D eigenvalue weighted by molar-refractivity contribution is 8.15. The van der Waals surface area contributed by atoms with E-state index in [4.69, 9.17) is 9.84 Å². The lowest BCUT2D eigenvalue weighted by molar-refractivity contribution is -0.121. The molecule has 10 nitrogen and oxygen atoms in total. The Morgan fingerprint density at radius 2 is 1.75 bits per heavy atom. The van der Waals surface area contributed by atoms with Gasteiger partial charge in [-0.15, -0.1) is 0 Å². The summed E-state index contributed by atoms with van der Waals surface area (Å²) in [4.78, 5) is 61.1. The molecule has 3 rings (SSSR count). The summed E-state index contributed by atoms with van der Waals surface area (Å²) in [6, 6.07) is 9.53. The first kappa shape index (κ1) is 22.8. The number of carboxylic acids is 2. The largest absolute Gasteiger partial charge is 0.494 e. The van der Waals surface area contributed by atoms with E-state index in [-0.39, 0.29) is 16.8 Å². The first-order valence-electron chi connectivity index (χ1n) is 9.39. The Hall–Kier alpha value is -3.86. The highest BCUT2D eigenvalue weighted by atomic mass is 32.2. The zero-order valence-corrected chi connectivity index (χ0v) is 17.5. The van der Waals surface area contributed by atoms with Gasteiger partial charge in [0.05, 0.1) is 29.1 Å². The molecule has 0 aliphatic carbocycles. The highest BCUT2D eigenvalue weighted by Crippen LogP contribution is 2.34. The predicted octanol–water partition coefficient (Wildman–Crippen LogP) is 3.08. The van der Waals surface area contributed by atoms with Crippen LogP contribution in [0.4, 0.5) is 16.2 Å². The molecule has 166 valence electrons. The van der Waals surface area contributed by atoms with Crippen LogP contribution in [0.15, 0.2) is 42.5 Å². The average molecular weight is 458 g/mol. The molecule has 1 saturated heterocycles. The third-order valence-electron chi connectivity index (χ3n) is 4.47. The maximum absolute atomic E-state index is 12.7. The molecule has 11 heteroatoms. The van der Waals surface area contributed by atoms with Gasteiger partial charge in [-0.3, -0.25) is 14.4 Å². The lowest BCUT2D eigenvalue weighted by Crippen LogP contribution is -2.33. The predicted molar refractivity (Wildman–Crippen MR) is 115 cm³/mol. The summed E-state index contributed by atoms with van der Waals surface area (Å²) in [5, 5.41) is 19.1. The van der Waals surface area contributed by atoms with E-state index in [9.17, 15) is 29.1 Å². The van der Waals surface area contributed by atoms with Crippen molar-refractivity contribution in [1.29, 1.82) is 0 Å². The van der Waals surface area contributed by atoms with Crippen LogP contribution >= 0.6 is 11.8 Å². The fourth-order valence-electron chi connectivity index (χ4n) is 3.02. The van der Waals surface area contributed by atoms with Gasteiger partial charge in [-0.2, -0.15) is 0 Å². The standard InChI is InChI=1S/C21H18N2O8S/c1-2-31-13-6-4-12(5-7-13)23-18(25)16(32-21(23)30)10-17(24)22-15-9-11(19(26)27)3-8-14(15)20(28)29/h3-9,16H,2,10H2,1H3,(H,22,24)(H,26,27)(H,28,29). The second kappa shape index (κ2) is 9.52. The topological polar surface area (TPSA) is 150 Å². The molecule has 2 aromatic carbocycles. The number of carboxylic acid groups (broad SMARTS) is 2. The second-order valence-electron chi connectivity index (χ2n) is 6.60. The monoisotopic (exact) mass is 458 g/mol. The van der Waals surface area contributed by atoms with Crippen LogP contribution in [0, 0.1) is 0 Å². The number of imide groups is 1. The van der Waals surface area contributed by atoms with Crippen LogP contribution in [0.3, 0.4) is 0 Å². The van der Waals surface area contributed by atoms with Crippen molar-refractivity contribution in [1.82, 2.24) is 0 Å². The number of nitrogens with one attached hydrogen (secondary N) is 1. The smallest absolute Gasteiger partial charge is 0.337 e. The molecule has 32 heavy (non-hydrogen) atoms. The number of benzene rings is 2. The highest BCUT2D eigenvalue weighted by Gasteiger charge is 2.41. The zero-order chi connectivity index (χ0) is 23.4. The lowest BCUT2D eigenvalue weighted by Gasteiger charge is -2.15. The van der Waals surface area contributed by atoms with Crippen LogP contribution in [-0.4, -0.2) is 51.1 Å². The van der Waals surface area contributed by atoms with E-state index < -0.39 is 40.7 Å². The van der Waals surface area contributed by atoms with Crippen LogP contribution < -0.4 is 15.0 Å². The summed E-state index contributed by atoms with van der Waals surface area (Å²) in [6.07, 6.45) is -0.404. The van der Waals surface area contributed by atoms with Gasteiger partial charge in [-0.1, -0.05) is 0 Å². The van der Waals surface area contributed by atoms with Gasteiger partial charge in [0.2, 0.25) is 11.8 Å². The lowest BCUT2D eigenvalue weighted by atomic mass is 10.1. The quantitative estimate of drug-likeness (QED) is 0.542. The minimum Gasteiger partial charge on any atom is -0.494 e. The molecule has 0 radical (unpaired) electrons. The van der Waals surface area contributed by atoms with Crippen LogP contribution in [0.25, 0.3) is 0 Å². The summed E-state index contributed by atoms with van der Waals surface area (Å²) < 4.78 is 5.33. The number of ether oxygens (including phenoxy) is 1. The summed E-state index contributed by atoms with van der Waals surface area (Å²) >= 11 is 0.683. The van der Waals surface area contributed by atoms with Crippen molar-refractivity contribution in [3.05, 3.63) is 53.6 Å². The van der Waals surface area contributed by atoms with Crippen molar-refractivity contribution in [2.24, 2.45) is 0 Å². The number of amides is 3. The van der Waals surface area contributed by atoms with Gasteiger partial charge in [0.15, 0.2) is 0 Å². The van der Waals surface area contributed by atoms with Crippen molar-refractivity contribution in [2.75, 3.05) is 16.8 Å². The Balaban J connectivity index is 1.73. The summed E-state index contributed by atoms with van der Waals surface area (Å²) in [7, 11) is 0. The molecule has 1 unspecified atom stereocenters. The molecule has 1 fully saturated rings. The van der Waals surface area contributed by atoms with Gasteiger partial charge in [-0.05, 0) is 61.2 Å². The van der Waals surface area contributed by atoms with Crippen molar-refractivity contribution in [3.8, 4) is 5.75 Å². The number of hydrogen-bond acceptors (Lipinski definition) is 7. The fourth-order valence-corrected chi connectivity index (χ4v) is 4.00. The van der Waals surface area contributed by atoms with Crippen LogP contribution in [0.1, 0.15) is 34.1 Å². The van der Waals surface area contributed by atoms with Crippen molar-refractivity contribution in [3.63, 3.8) is 0 Å². The van der Waals surface area contributed by atoms with Crippen molar-refractivity contribution < 1.29 is 38.9 Å². The van der Waals surface area contributed by atoms with Gasteiger partial charge in [0.25, 0.3) is 5.24 Å². The van der Waals surface area contributed by atoms with Crippen molar-refractivity contribution >= 4 is 52.1 Å². The van der Waals surface area contributed by atoms with E-state index in [2.05, 4.69) is 5.32 Å².